The van der Waals surface area contributed by atoms with Crippen molar-refractivity contribution in [3.63, 3.8) is 0 Å². The van der Waals surface area contributed by atoms with Crippen molar-refractivity contribution < 1.29 is 9.18 Å². The van der Waals surface area contributed by atoms with Crippen LogP contribution in [0.3, 0.4) is 0 Å². The van der Waals surface area contributed by atoms with Gasteiger partial charge in [0.05, 0.1) is 6.54 Å². The minimum atomic E-state index is -0.225. The lowest BCUT2D eigenvalue weighted by atomic mass is 10.2. The molecule has 1 aromatic rings. The number of likely N-dealkylation sites (tertiary alicyclic amines) is 1. The quantitative estimate of drug-likeness (QED) is 0.291. The maximum Gasteiger partial charge on any atom is 0.224 e. The van der Waals surface area contributed by atoms with Crippen LogP contribution in [0.1, 0.15) is 33.1 Å². The van der Waals surface area contributed by atoms with Gasteiger partial charge in [-0.1, -0.05) is 6.92 Å². The second-order valence-corrected chi connectivity index (χ2v) is 8.17. The molecule has 2 saturated heterocycles. The highest BCUT2D eigenvalue weighted by Gasteiger charge is 2.23. The minimum Gasteiger partial charge on any atom is -0.368 e. The fourth-order valence-corrected chi connectivity index (χ4v) is 4.37. The number of guanidine groups is 1. The molecule has 3 rings (SSSR count). The van der Waals surface area contributed by atoms with E-state index in [1.165, 1.54) is 31.5 Å². The predicted octanol–water partition coefficient (Wildman–Crippen LogP) is 2.52. The monoisotopic (exact) mass is 560 g/mol. The van der Waals surface area contributed by atoms with Gasteiger partial charge in [0.1, 0.15) is 5.82 Å². The number of piperazine rings is 1. The second-order valence-electron chi connectivity index (χ2n) is 8.17. The molecule has 1 unspecified atom stereocenters. The summed E-state index contributed by atoms with van der Waals surface area (Å²) in [4.78, 5) is 24.0. The van der Waals surface area contributed by atoms with Crippen molar-refractivity contribution in [1.29, 1.82) is 0 Å². The van der Waals surface area contributed by atoms with E-state index >= 15 is 0 Å². The molecule has 7 nitrogen and oxygen atoms in total. The number of hydrogen-bond acceptors (Lipinski definition) is 4. The van der Waals surface area contributed by atoms with Gasteiger partial charge in [-0.3, -0.25) is 14.7 Å². The molecule has 0 radical (unpaired) electrons. The third-order valence-corrected chi connectivity index (χ3v) is 6.17. The summed E-state index contributed by atoms with van der Waals surface area (Å²) in [5.74, 6) is 0.728. The Kier molecular flexibility index (Phi) is 11.5. The molecule has 2 fully saturated rings. The fourth-order valence-electron chi connectivity index (χ4n) is 4.37. The van der Waals surface area contributed by atoms with Crippen LogP contribution in [0.4, 0.5) is 10.1 Å². The Morgan fingerprint density at radius 2 is 1.81 bits per heavy atom. The van der Waals surface area contributed by atoms with E-state index in [0.29, 0.717) is 32.1 Å². The number of rotatable bonds is 8. The van der Waals surface area contributed by atoms with Crippen LogP contribution >= 0.6 is 24.0 Å². The molecule has 32 heavy (non-hydrogen) atoms. The van der Waals surface area contributed by atoms with Gasteiger partial charge in [-0.05, 0) is 57.1 Å². The highest BCUT2D eigenvalue weighted by molar-refractivity contribution is 14.0. The summed E-state index contributed by atoms with van der Waals surface area (Å²) in [5.41, 5.74) is 1.01. The van der Waals surface area contributed by atoms with Crippen molar-refractivity contribution in [3.05, 3.63) is 30.1 Å². The maximum atomic E-state index is 13.1. The van der Waals surface area contributed by atoms with Crippen LogP contribution in [0.15, 0.2) is 29.3 Å². The van der Waals surface area contributed by atoms with Crippen molar-refractivity contribution >= 4 is 41.5 Å². The number of nitrogens with one attached hydrogen (secondary N) is 2. The Labute approximate surface area is 208 Å². The molecule has 1 aromatic carbocycles. The Morgan fingerprint density at radius 3 is 2.47 bits per heavy atom. The van der Waals surface area contributed by atoms with Crippen molar-refractivity contribution in [1.82, 2.24) is 20.4 Å². The first-order valence-electron chi connectivity index (χ1n) is 11.6. The predicted molar refractivity (Wildman–Crippen MR) is 139 cm³/mol. The Bertz CT molecular complexity index is 724. The van der Waals surface area contributed by atoms with Crippen LogP contribution in [0.25, 0.3) is 0 Å². The molecule has 0 spiro atoms. The number of likely N-dealkylation sites (N-methyl/N-ethyl adjacent to an activating group) is 1. The minimum absolute atomic E-state index is 0. The standard InChI is InChI=1S/C23H37FN6O.HI/c1-3-25-23(27-18-21-6-5-13-28(21)4-2)26-12-11-22(31)30-16-14-29(15-17-30)20-9-7-19(24)8-10-20;/h7-10,21H,3-6,11-18H2,1-2H3,(H2,25,26,27);1H. The smallest absolute Gasteiger partial charge is 0.224 e. The number of carbonyl (C=O) groups is 1. The van der Waals surface area contributed by atoms with Gasteiger partial charge in [0.25, 0.3) is 0 Å². The fraction of sp³-hybridized carbons (Fsp3) is 0.652. The van der Waals surface area contributed by atoms with Gasteiger partial charge in [-0.25, -0.2) is 4.39 Å². The largest absolute Gasteiger partial charge is 0.368 e. The lowest BCUT2D eigenvalue weighted by Crippen LogP contribution is -2.49. The van der Waals surface area contributed by atoms with Crippen LogP contribution in [0.2, 0.25) is 0 Å². The van der Waals surface area contributed by atoms with Gasteiger partial charge in [0.15, 0.2) is 5.96 Å². The molecule has 2 aliphatic rings. The van der Waals surface area contributed by atoms with Crippen molar-refractivity contribution in [2.24, 2.45) is 4.99 Å². The van der Waals surface area contributed by atoms with E-state index in [4.69, 9.17) is 4.99 Å². The molecule has 0 aromatic heterocycles. The molecule has 0 saturated carbocycles. The summed E-state index contributed by atoms with van der Waals surface area (Å²) >= 11 is 0. The Hall–Kier alpha value is -1.62. The van der Waals surface area contributed by atoms with Gasteiger partial charge in [-0.2, -0.15) is 0 Å². The van der Waals surface area contributed by atoms with Gasteiger partial charge >= 0.3 is 0 Å². The number of aliphatic imine (C=N–C) groups is 1. The van der Waals surface area contributed by atoms with Crippen LogP contribution < -0.4 is 15.5 Å². The summed E-state index contributed by atoms with van der Waals surface area (Å²) in [6, 6.07) is 7.08. The van der Waals surface area contributed by atoms with E-state index in [-0.39, 0.29) is 35.7 Å². The van der Waals surface area contributed by atoms with Crippen molar-refractivity contribution in [3.8, 4) is 0 Å². The first kappa shape index (κ1) is 26.6. The van der Waals surface area contributed by atoms with E-state index in [1.54, 1.807) is 12.1 Å². The van der Waals surface area contributed by atoms with E-state index in [0.717, 1.165) is 44.4 Å². The average Bonchev–Trinajstić information content (AvgIpc) is 3.25. The van der Waals surface area contributed by atoms with Gasteiger partial charge in [0.2, 0.25) is 5.91 Å². The van der Waals surface area contributed by atoms with Crippen LogP contribution in [0.5, 0.6) is 0 Å². The molecule has 2 N–H and O–H groups in total. The number of amides is 1. The van der Waals surface area contributed by atoms with Crippen LogP contribution in [0, 0.1) is 5.82 Å². The molecule has 2 heterocycles. The molecule has 1 amide bonds. The molecular formula is C23H38FIN6O. The summed E-state index contributed by atoms with van der Waals surface area (Å²) < 4.78 is 13.1. The lowest BCUT2D eigenvalue weighted by Gasteiger charge is -2.36. The zero-order chi connectivity index (χ0) is 22.1. The van der Waals surface area contributed by atoms with Gasteiger partial charge < -0.3 is 20.4 Å². The number of halogens is 2. The van der Waals surface area contributed by atoms with E-state index < -0.39 is 0 Å². The number of anilines is 1. The van der Waals surface area contributed by atoms with Crippen molar-refractivity contribution in [2.45, 2.75) is 39.2 Å². The van der Waals surface area contributed by atoms with Crippen LogP contribution in [-0.2, 0) is 4.79 Å². The highest BCUT2D eigenvalue weighted by atomic mass is 127. The molecular weight excluding hydrogens is 522 g/mol. The number of carbonyl (C=O) groups excluding carboxylic acids is 1. The zero-order valence-corrected chi connectivity index (χ0v) is 21.7. The lowest BCUT2D eigenvalue weighted by molar-refractivity contribution is -0.131. The van der Waals surface area contributed by atoms with Crippen molar-refractivity contribution in [2.75, 3.05) is 63.8 Å². The van der Waals surface area contributed by atoms with Crippen LogP contribution in [-0.4, -0.2) is 86.6 Å². The molecule has 1 atom stereocenters. The Balaban J connectivity index is 0.00000363. The third-order valence-electron chi connectivity index (χ3n) is 6.17. The normalized spacial score (nSPS) is 19.6. The summed E-state index contributed by atoms with van der Waals surface area (Å²) in [7, 11) is 0. The Morgan fingerprint density at radius 1 is 1.09 bits per heavy atom. The van der Waals surface area contributed by atoms with Gasteiger partial charge in [0, 0.05) is 57.4 Å². The first-order valence-corrected chi connectivity index (χ1v) is 11.6. The highest BCUT2D eigenvalue weighted by Crippen LogP contribution is 2.18. The maximum absolute atomic E-state index is 13.1. The molecule has 180 valence electrons. The molecule has 0 aliphatic carbocycles. The summed E-state index contributed by atoms with van der Waals surface area (Å²) in [6.07, 6.45) is 2.91. The van der Waals surface area contributed by atoms with E-state index in [2.05, 4.69) is 34.3 Å². The number of hydrogen-bond donors (Lipinski definition) is 2. The van der Waals surface area contributed by atoms with Gasteiger partial charge in [-0.15, -0.1) is 24.0 Å². The molecule has 9 heteroatoms. The first-order chi connectivity index (χ1) is 15.1. The zero-order valence-electron chi connectivity index (χ0n) is 19.4. The molecule has 0 bridgehead atoms. The van der Waals surface area contributed by atoms with E-state index in [9.17, 15) is 9.18 Å². The third kappa shape index (κ3) is 7.75. The average molecular weight is 561 g/mol. The number of benzene rings is 1. The molecule has 2 aliphatic heterocycles. The number of nitrogens with zero attached hydrogens (tertiary/aromatic N) is 4. The van der Waals surface area contributed by atoms with E-state index in [1.807, 2.05) is 4.90 Å². The SMILES string of the molecule is CCNC(=NCC1CCCN1CC)NCCC(=O)N1CCN(c2ccc(F)cc2)CC1.I. The second kappa shape index (κ2) is 13.8. The topological polar surface area (TPSA) is 63.2 Å². The summed E-state index contributed by atoms with van der Waals surface area (Å²) in [6.45, 7) is 11.6. The summed E-state index contributed by atoms with van der Waals surface area (Å²) in [5, 5.41) is 6.60.